The number of rotatable bonds is 11. The highest BCUT2D eigenvalue weighted by atomic mass is 35.5. The monoisotopic (exact) mass is 643 g/mol. The average molecular weight is 644 g/mol. The van der Waals surface area contributed by atoms with Gasteiger partial charge in [-0.2, -0.15) is 13.2 Å². The van der Waals surface area contributed by atoms with Crippen molar-refractivity contribution in [1.82, 2.24) is 20.2 Å². The van der Waals surface area contributed by atoms with E-state index >= 15 is 0 Å². The maximum absolute atomic E-state index is 13.3. The Labute approximate surface area is 261 Å². The second-order valence-electron chi connectivity index (χ2n) is 10.3. The molecule has 5 rings (SSSR count). The molecular formula is C31H29ClF3N5O3S. The first kappa shape index (κ1) is 31.4. The highest BCUT2D eigenvalue weighted by Gasteiger charge is 2.29. The van der Waals surface area contributed by atoms with Gasteiger partial charge in [-0.05, 0) is 53.2 Å². The van der Waals surface area contributed by atoms with Crippen LogP contribution in [0.5, 0.6) is 5.75 Å². The number of fused-ring (bicyclic) bond motifs is 1. The predicted octanol–water partition coefficient (Wildman–Crippen LogP) is 5.64. The number of halogens is 4. The first-order valence-electron chi connectivity index (χ1n) is 13.7. The summed E-state index contributed by atoms with van der Waals surface area (Å²) in [5, 5.41) is 6.82. The smallest absolute Gasteiger partial charge is 0.446 e. The third-order valence-corrected chi connectivity index (χ3v) is 8.15. The van der Waals surface area contributed by atoms with E-state index in [1.165, 1.54) is 12.1 Å². The molecule has 4 aromatic rings. The summed E-state index contributed by atoms with van der Waals surface area (Å²) in [4.78, 5) is 29.9. The molecule has 2 atom stereocenters. The molecule has 13 heteroatoms. The Morgan fingerprint density at radius 3 is 2.52 bits per heavy atom. The Balaban J connectivity index is 1.24. The normalized spacial score (nSPS) is 15.2. The van der Waals surface area contributed by atoms with Crippen molar-refractivity contribution < 1.29 is 27.5 Å². The summed E-state index contributed by atoms with van der Waals surface area (Å²) in [7, 11) is 0. The number of nitrogens with one attached hydrogen (secondary N) is 2. The molecule has 0 bridgehead atoms. The van der Waals surface area contributed by atoms with E-state index in [1.807, 2.05) is 10.6 Å². The van der Waals surface area contributed by atoms with Crippen LogP contribution in [0.1, 0.15) is 45.2 Å². The van der Waals surface area contributed by atoms with Crippen molar-refractivity contribution in [2.45, 2.75) is 48.4 Å². The number of amides is 2. The number of nitrogens with two attached hydrogens (primary N) is 1. The summed E-state index contributed by atoms with van der Waals surface area (Å²) in [5.41, 5.74) is 4.90. The zero-order chi connectivity index (χ0) is 31.3. The van der Waals surface area contributed by atoms with Crippen LogP contribution in [-0.2, 0) is 24.3 Å². The third kappa shape index (κ3) is 8.13. The largest absolute Gasteiger partial charge is 0.492 e. The topological polar surface area (TPSA) is 111 Å². The number of hydrogen-bond acceptors (Lipinski definition) is 6. The first-order chi connectivity index (χ1) is 21.1. The molecule has 1 aliphatic rings. The molecule has 1 aliphatic heterocycles. The van der Waals surface area contributed by atoms with Crippen LogP contribution < -0.4 is 21.1 Å². The van der Waals surface area contributed by atoms with Crippen LogP contribution >= 0.6 is 23.4 Å². The Morgan fingerprint density at radius 1 is 1.09 bits per heavy atom. The van der Waals surface area contributed by atoms with Gasteiger partial charge in [0.05, 0.1) is 24.2 Å². The van der Waals surface area contributed by atoms with Gasteiger partial charge in [-0.15, -0.1) is 0 Å². The maximum atomic E-state index is 13.3. The van der Waals surface area contributed by atoms with Gasteiger partial charge in [0.1, 0.15) is 11.8 Å². The van der Waals surface area contributed by atoms with Crippen LogP contribution in [0.25, 0.3) is 0 Å². The van der Waals surface area contributed by atoms with Crippen LogP contribution in [0.4, 0.5) is 13.2 Å². The van der Waals surface area contributed by atoms with Gasteiger partial charge in [-0.25, -0.2) is 4.98 Å². The van der Waals surface area contributed by atoms with E-state index < -0.39 is 23.4 Å². The maximum Gasteiger partial charge on any atom is 0.446 e. The zero-order valence-corrected chi connectivity index (χ0v) is 24.9. The van der Waals surface area contributed by atoms with E-state index in [1.54, 1.807) is 61.1 Å². The van der Waals surface area contributed by atoms with Crippen molar-refractivity contribution >= 4 is 35.2 Å². The fourth-order valence-electron chi connectivity index (χ4n) is 4.99. The molecule has 4 N–H and O–H groups in total. The SMILES string of the molecule is NC(=O)C(Cc1ccc(Cl)cc1)NC(=O)c1cccc2c1OCCC2NCc1cncn1Cc1ccc(SC(F)(F)F)cc1. The van der Waals surface area contributed by atoms with Gasteiger partial charge < -0.3 is 25.7 Å². The molecular weight excluding hydrogens is 615 g/mol. The van der Waals surface area contributed by atoms with Crippen molar-refractivity contribution in [3.63, 3.8) is 0 Å². The van der Waals surface area contributed by atoms with Gasteiger partial charge in [0.2, 0.25) is 5.91 Å². The summed E-state index contributed by atoms with van der Waals surface area (Å²) >= 11 is 5.81. The molecule has 0 saturated carbocycles. The minimum atomic E-state index is -4.33. The summed E-state index contributed by atoms with van der Waals surface area (Å²) in [6.45, 7) is 1.27. The van der Waals surface area contributed by atoms with E-state index in [4.69, 9.17) is 22.1 Å². The molecule has 2 amide bonds. The molecule has 230 valence electrons. The van der Waals surface area contributed by atoms with Crippen LogP contribution in [0.3, 0.4) is 0 Å². The minimum absolute atomic E-state index is 0.130. The fraction of sp³-hybridized carbons (Fsp3) is 0.258. The van der Waals surface area contributed by atoms with E-state index in [0.717, 1.165) is 22.4 Å². The molecule has 2 unspecified atom stereocenters. The molecule has 44 heavy (non-hydrogen) atoms. The first-order valence-corrected chi connectivity index (χ1v) is 14.9. The number of nitrogens with zero attached hydrogens (tertiary/aromatic N) is 2. The highest BCUT2D eigenvalue weighted by molar-refractivity contribution is 8.00. The Kier molecular flexibility index (Phi) is 9.82. The average Bonchev–Trinajstić information content (AvgIpc) is 3.43. The molecule has 0 fully saturated rings. The van der Waals surface area contributed by atoms with Crippen LogP contribution in [-0.4, -0.2) is 39.5 Å². The van der Waals surface area contributed by atoms with Gasteiger partial charge in [0.15, 0.2) is 0 Å². The Hall–Kier alpha value is -4.00. The van der Waals surface area contributed by atoms with Crippen molar-refractivity contribution in [2.75, 3.05) is 6.61 Å². The fourth-order valence-corrected chi connectivity index (χ4v) is 5.65. The number of imidazole rings is 1. The quantitative estimate of drug-likeness (QED) is 0.183. The number of hydrogen-bond donors (Lipinski definition) is 3. The molecule has 0 saturated heterocycles. The minimum Gasteiger partial charge on any atom is -0.492 e. The number of thioether (sulfide) groups is 1. The Morgan fingerprint density at radius 2 is 1.82 bits per heavy atom. The lowest BCUT2D eigenvalue weighted by Crippen LogP contribution is -2.46. The van der Waals surface area contributed by atoms with Gasteiger partial charge in [0, 0.05) is 53.7 Å². The zero-order valence-electron chi connectivity index (χ0n) is 23.3. The number of aromatic nitrogens is 2. The summed E-state index contributed by atoms with van der Waals surface area (Å²) in [6.07, 6.45) is 4.28. The molecule has 3 aromatic carbocycles. The number of carbonyl (C=O) groups is 2. The van der Waals surface area contributed by atoms with Crippen molar-refractivity contribution in [3.05, 3.63) is 112 Å². The number of ether oxygens (including phenoxy) is 1. The van der Waals surface area contributed by atoms with Crippen molar-refractivity contribution in [1.29, 1.82) is 0 Å². The third-order valence-electron chi connectivity index (χ3n) is 7.16. The van der Waals surface area contributed by atoms with Crippen LogP contribution in [0, 0.1) is 0 Å². The number of para-hydroxylation sites is 1. The second kappa shape index (κ2) is 13.7. The van der Waals surface area contributed by atoms with Gasteiger partial charge >= 0.3 is 5.51 Å². The lowest BCUT2D eigenvalue weighted by molar-refractivity contribution is -0.119. The Bertz CT molecular complexity index is 1610. The molecule has 2 heterocycles. The number of alkyl halides is 3. The molecule has 8 nitrogen and oxygen atoms in total. The predicted molar refractivity (Wildman–Crippen MR) is 161 cm³/mol. The summed E-state index contributed by atoms with van der Waals surface area (Å²) < 4.78 is 45.8. The summed E-state index contributed by atoms with van der Waals surface area (Å²) in [6, 6.07) is 17.4. The van der Waals surface area contributed by atoms with E-state index in [0.29, 0.717) is 42.5 Å². The van der Waals surface area contributed by atoms with Crippen molar-refractivity contribution in [3.8, 4) is 5.75 Å². The number of benzene rings is 3. The molecule has 1 aromatic heterocycles. The van der Waals surface area contributed by atoms with Crippen LogP contribution in [0.2, 0.25) is 5.02 Å². The van der Waals surface area contributed by atoms with E-state index in [9.17, 15) is 22.8 Å². The number of carbonyl (C=O) groups excluding carboxylic acids is 2. The molecule has 0 aliphatic carbocycles. The van der Waals surface area contributed by atoms with Gasteiger partial charge in [-0.1, -0.05) is 48.0 Å². The highest BCUT2D eigenvalue weighted by Crippen LogP contribution is 2.37. The van der Waals surface area contributed by atoms with E-state index in [-0.39, 0.29) is 29.1 Å². The molecule has 0 radical (unpaired) electrons. The number of primary amides is 1. The second-order valence-corrected chi connectivity index (χ2v) is 11.8. The summed E-state index contributed by atoms with van der Waals surface area (Å²) in [5.74, 6) is -0.696. The van der Waals surface area contributed by atoms with E-state index in [2.05, 4.69) is 15.6 Å². The van der Waals surface area contributed by atoms with Crippen LogP contribution in [0.15, 0.2) is 84.1 Å². The van der Waals surface area contributed by atoms with Gasteiger partial charge in [0.25, 0.3) is 5.91 Å². The van der Waals surface area contributed by atoms with Crippen molar-refractivity contribution in [2.24, 2.45) is 5.73 Å². The van der Waals surface area contributed by atoms with Gasteiger partial charge in [-0.3, -0.25) is 9.59 Å². The lowest BCUT2D eigenvalue weighted by Gasteiger charge is -2.28. The standard InChI is InChI=1S/C31H29ClF3N5O3S/c32-21-8-4-19(5-9-21)14-27(29(36)41)39-30(42)25-3-1-2-24-26(12-13-43-28(24)25)38-16-22-15-37-18-40(22)17-20-6-10-23(11-7-20)44-31(33,34)35/h1-11,15,18,26-27,38H,12-14,16-17H2,(H2,36,41)(H,39,42). The lowest BCUT2D eigenvalue weighted by atomic mass is 9.96. The molecule has 0 spiro atoms.